The Labute approximate surface area is 114 Å². The van der Waals surface area contributed by atoms with Crippen LogP contribution in [0.25, 0.3) is 0 Å². The van der Waals surface area contributed by atoms with Crippen molar-refractivity contribution in [2.24, 2.45) is 0 Å². The predicted octanol–water partition coefficient (Wildman–Crippen LogP) is 1.55. The van der Waals surface area contributed by atoms with Crippen LogP contribution in [-0.4, -0.2) is 31.7 Å². The number of nitrogens with one attached hydrogen (secondary N) is 2. The molecule has 1 aliphatic heterocycles. The first kappa shape index (κ1) is 14.0. The lowest BCUT2D eigenvalue weighted by Gasteiger charge is -2.24. The van der Waals surface area contributed by atoms with Gasteiger partial charge in [-0.15, -0.1) is 0 Å². The van der Waals surface area contributed by atoms with E-state index in [2.05, 4.69) is 41.8 Å². The van der Waals surface area contributed by atoms with Crippen LogP contribution < -0.4 is 10.6 Å². The van der Waals surface area contributed by atoms with E-state index in [9.17, 15) is 4.79 Å². The number of amides is 1. The molecule has 4 heteroatoms. The standard InChI is InChI=1S/C15H22N2O2/c1-11-3-5-13(6-4-11)12(2)17-15(18)9-14-10-16-7-8-19-14/h3-6,12,14,16H,7-10H2,1-2H3,(H,17,18). The van der Waals surface area contributed by atoms with Crippen molar-refractivity contribution in [3.63, 3.8) is 0 Å². The minimum atomic E-state index is -0.000956. The number of hydrogen-bond donors (Lipinski definition) is 2. The SMILES string of the molecule is Cc1ccc(C(C)NC(=O)CC2CNCCO2)cc1. The fourth-order valence-electron chi connectivity index (χ4n) is 2.20. The van der Waals surface area contributed by atoms with Crippen LogP contribution in [0, 0.1) is 6.92 Å². The third-order valence-corrected chi connectivity index (χ3v) is 3.37. The minimum Gasteiger partial charge on any atom is -0.375 e. The van der Waals surface area contributed by atoms with E-state index in [0.717, 1.165) is 18.7 Å². The van der Waals surface area contributed by atoms with Crippen LogP contribution in [-0.2, 0) is 9.53 Å². The quantitative estimate of drug-likeness (QED) is 0.865. The second-order valence-corrected chi connectivity index (χ2v) is 5.10. The molecule has 1 heterocycles. The van der Waals surface area contributed by atoms with Crippen molar-refractivity contribution in [3.05, 3.63) is 35.4 Å². The van der Waals surface area contributed by atoms with E-state index in [1.165, 1.54) is 5.56 Å². The monoisotopic (exact) mass is 262 g/mol. The first-order valence-electron chi connectivity index (χ1n) is 6.83. The highest BCUT2D eigenvalue weighted by molar-refractivity contribution is 5.77. The molecule has 1 fully saturated rings. The average molecular weight is 262 g/mol. The maximum Gasteiger partial charge on any atom is 0.223 e. The van der Waals surface area contributed by atoms with Crippen molar-refractivity contribution in [1.29, 1.82) is 0 Å². The van der Waals surface area contributed by atoms with E-state index >= 15 is 0 Å². The largest absolute Gasteiger partial charge is 0.375 e. The number of ether oxygens (including phenoxy) is 1. The average Bonchev–Trinajstić information content (AvgIpc) is 2.40. The zero-order valence-corrected chi connectivity index (χ0v) is 11.6. The highest BCUT2D eigenvalue weighted by Gasteiger charge is 2.18. The van der Waals surface area contributed by atoms with Crippen molar-refractivity contribution in [2.45, 2.75) is 32.4 Å². The number of hydrogen-bond acceptors (Lipinski definition) is 3. The number of morpholine rings is 1. The Balaban J connectivity index is 1.82. The Morgan fingerprint density at radius 2 is 2.21 bits per heavy atom. The first-order valence-corrected chi connectivity index (χ1v) is 6.83. The van der Waals surface area contributed by atoms with Crippen LogP contribution >= 0.6 is 0 Å². The summed E-state index contributed by atoms with van der Waals surface area (Å²) >= 11 is 0. The molecular formula is C15H22N2O2. The Morgan fingerprint density at radius 3 is 2.84 bits per heavy atom. The summed E-state index contributed by atoms with van der Waals surface area (Å²) < 4.78 is 5.53. The summed E-state index contributed by atoms with van der Waals surface area (Å²) in [5.41, 5.74) is 2.35. The lowest BCUT2D eigenvalue weighted by atomic mass is 10.1. The van der Waals surface area contributed by atoms with Gasteiger partial charge in [0.05, 0.1) is 25.2 Å². The molecule has 0 aromatic heterocycles. The predicted molar refractivity (Wildman–Crippen MR) is 75.0 cm³/mol. The molecule has 0 saturated carbocycles. The number of aryl methyl sites for hydroxylation is 1. The molecule has 1 aromatic carbocycles. The highest BCUT2D eigenvalue weighted by atomic mass is 16.5. The second-order valence-electron chi connectivity index (χ2n) is 5.10. The fraction of sp³-hybridized carbons (Fsp3) is 0.533. The molecule has 1 aromatic rings. The third-order valence-electron chi connectivity index (χ3n) is 3.37. The lowest BCUT2D eigenvalue weighted by Crippen LogP contribution is -2.41. The maximum absolute atomic E-state index is 11.9. The fourth-order valence-corrected chi connectivity index (χ4v) is 2.20. The zero-order valence-electron chi connectivity index (χ0n) is 11.6. The Bertz CT molecular complexity index is 411. The number of carbonyl (C=O) groups is 1. The molecule has 1 saturated heterocycles. The summed E-state index contributed by atoms with van der Waals surface area (Å²) in [6, 6.07) is 8.26. The molecule has 4 nitrogen and oxygen atoms in total. The molecule has 2 unspecified atom stereocenters. The topological polar surface area (TPSA) is 50.4 Å². The van der Waals surface area contributed by atoms with Crippen LogP contribution in [0.5, 0.6) is 0 Å². The van der Waals surface area contributed by atoms with Gasteiger partial charge in [-0.25, -0.2) is 0 Å². The van der Waals surface area contributed by atoms with Crippen molar-refractivity contribution in [2.75, 3.05) is 19.7 Å². The summed E-state index contributed by atoms with van der Waals surface area (Å²) in [6.45, 7) is 6.37. The van der Waals surface area contributed by atoms with Gasteiger partial charge in [0.2, 0.25) is 5.91 Å². The minimum absolute atomic E-state index is 0.000956. The van der Waals surface area contributed by atoms with E-state index in [1.807, 2.05) is 6.92 Å². The van der Waals surface area contributed by atoms with Gasteiger partial charge in [-0.05, 0) is 19.4 Å². The summed E-state index contributed by atoms with van der Waals surface area (Å²) in [5, 5.41) is 6.24. The Hall–Kier alpha value is -1.39. The van der Waals surface area contributed by atoms with Gasteiger partial charge >= 0.3 is 0 Å². The van der Waals surface area contributed by atoms with Gasteiger partial charge in [-0.3, -0.25) is 4.79 Å². The van der Waals surface area contributed by atoms with E-state index in [1.54, 1.807) is 0 Å². The Kier molecular flexibility index (Phi) is 4.93. The summed E-state index contributed by atoms with van der Waals surface area (Å²) in [4.78, 5) is 11.9. The van der Waals surface area contributed by atoms with Crippen molar-refractivity contribution in [1.82, 2.24) is 10.6 Å². The van der Waals surface area contributed by atoms with E-state index in [-0.39, 0.29) is 18.1 Å². The lowest BCUT2D eigenvalue weighted by molar-refractivity contribution is -0.125. The molecule has 2 N–H and O–H groups in total. The molecule has 0 aliphatic carbocycles. The summed E-state index contributed by atoms with van der Waals surface area (Å²) in [7, 11) is 0. The molecule has 1 aliphatic rings. The second kappa shape index (κ2) is 6.68. The van der Waals surface area contributed by atoms with Crippen molar-refractivity contribution in [3.8, 4) is 0 Å². The molecule has 2 atom stereocenters. The molecule has 2 rings (SSSR count). The number of rotatable bonds is 4. The van der Waals surface area contributed by atoms with E-state index < -0.39 is 0 Å². The van der Waals surface area contributed by atoms with Crippen molar-refractivity contribution >= 4 is 5.91 Å². The third kappa shape index (κ3) is 4.33. The van der Waals surface area contributed by atoms with Gasteiger partial charge in [-0.1, -0.05) is 29.8 Å². The Morgan fingerprint density at radius 1 is 1.47 bits per heavy atom. The van der Waals surface area contributed by atoms with Gasteiger partial charge in [0, 0.05) is 13.1 Å². The van der Waals surface area contributed by atoms with Gasteiger partial charge in [-0.2, -0.15) is 0 Å². The zero-order chi connectivity index (χ0) is 13.7. The smallest absolute Gasteiger partial charge is 0.223 e. The molecule has 19 heavy (non-hydrogen) atoms. The van der Waals surface area contributed by atoms with E-state index in [4.69, 9.17) is 4.74 Å². The summed E-state index contributed by atoms with van der Waals surface area (Å²) in [6.07, 6.45) is 0.419. The molecule has 1 amide bonds. The molecule has 0 spiro atoms. The highest BCUT2D eigenvalue weighted by Crippen LogP contribution is 2.13. The first-order chi connectivity index (χ1) is 9.15. The molecule has 0 radical (unpaired) electrons. The number of benzene rings is 1. The molecular weight excluding hydrogens is 240 g/mol. The van der Waals surface area contributed by atoms with Gasteiger partial charge in [0.15, 0.2) is 0 Å². The van der Waals surface area contributed by atoms with Gasteiger partial charge < -0.3 is 15.4 Å². The van der Waals surface area contributed by atoms with Crippen LogP contribution in [0.1, 0.15) is 30.5 Å². The van der Waals surface area contributed by atoms with Crippen LogP contribution in [0.4, 0.5) is 0 Å². The van der Waals surface area contributed by atoms with Crippen LogP contribution in [0.3, 0.4) is 0 Å². The van der Waals surface area contributed by atoms with Gasteiger partial charge in [0.25, 0.3) is 0 Å². The van der Waals surface area contributed by atoms with E-state index in [0.29, 0.717) is 13.0 Å². The normalized spacial score (nSPS) is 20.8. The van der Waals surface area contributed by atoms with Crippen molar-refractivity contribution < 1.29 is 9.53 Å². The maximum atomic E-state index is 11.9. The van der Waals surface area contributed by atoms with Crippen LogP contribution in [0.15, 0.2) is 24.3 Å². The number of carbonyl (C=O) groups excluding carboxylic acids is 1. The summed E-state index contributed by atoms with van der Waals surface area (Å²) in [5.74, 6) is 0.0433. The van der Waals surface area contributed by atoms with Gasteiger partial charge in [0.1, 0.15) is 0 Å². The molecule has 0 bridgehead atoms. The molecule has 104 valence electrons. The van der Waals surface area contributed by atoms with Crippen LogP contribution in [0.2, 0.25) is 0 Å².